The number of ether oxygens (including phenoxy) is 1. The Kier molecular flexibility index (Phi) is 6.80. The predicted octanol–water partition coefficient (Wildman–Crippen LogP) is 3.46. The van der Waals surface area contributed by atoms with Crippen molar-refractivity contribution >= 4 is 27.8 Å². The maximum atomic E-state index is 12.7. The number of methoxy groups -OCH3 is 1. The van der Waals surface area contributed by atoms with E-state index in [9.17, 15) is 22.8 Å². The van der Waals surface area contributed by atoms with Gasteiger partial charge in [0.25, 0.3) is 0 Å². The van der Waals surface area contributed by atoms with Crippen molar-refractivity contribution in [3.63, 3.8) is 0 Å². The van der Waals surface area contributed by atoms with Crippen LogP contribution in [0, 0.1) is 0 Å². The number of hydrogen-bond donors (Lipinski definition) is 0. The second-order valence-corrected chi connectivity index (χ2v) is 5.58. The zero-order valence-electron chi connectivity index (χ0n) is 12.3. The molecule has 0 atom stereocenters. The Morgan fingerprint density at radius 3 is 2.43 bits per heavy atom. The number of carbonyl (C=O) groups is 2. The molecule has 23 heavy (non-hydrogen) atoms. The molecular weight excluding hydrogens is 379 g/mol. The Morgan fingerprint density at radius 2 is 1.91 bits per heavy atom. The molecule has 1 aromatic carbocycles. The highest BCUT2D eigenvalue weighted by atomic mass is 79.9. The highest BCUT2D eigenvalue weighted by Crippen LogP contribution is 2.23. The summed E-state index contributed by atoms with van der Waals surface area (Å²) in [7, 11) is 1.12. The van der Waals surface area contributed by atoms with Gasteiger partial charge in [0, 0.05) is 16.6 Å². The smallest absolute Gasteiger partial charge is 0.406 e. The summed E-state index contributed by atoms with van der Waals surface area (Å²) < 4.78 is 43.2. The van der Waals surface area contributed by atoms with Gasteiger partial charge in [0.15, 0.2) is 0 Å². The number of alkyl halides is 3. The highest BCUT2D eigenvalue weighted by molar-refractivity contribution is 9.10. The highest BCUT2D eigenvalue weighted by Gasteiger charge is 2.34. The molecule has 0 aliphatic carbocycles. The number of rotatable bonds is 6. The molecule has 1 amide bonds. The second kappa shape index (κ2) is 8.14. The van der Waals surface area contributed by atoms with Crippen LogP contribution in [0.25, 0.3) is 0 Å². The van der Waals surface area contributed by atoms with Crippen LogP contribution in [0.4, 0.5) is 13.2 Å². The molecule has 0 radical (unpaired) electrons. The van der Waals surface area contributed by atoms with Gasteiger partial charge in [0.2, 0.25) is 5.91 Å². The van der Waals surface area contributed by atoms with Crippen LogP contribution in [0.2, 0.25) is 0 Å². The minimum absolute atomic E-state index is 0.256. The van der Waals surface area contributed by atoms with Gasteiger partial charge in [-0.25, -0.2) is 0 Å². The Hall–Kier alpha value is -1.83. The monoisotopic (exact) mass is 393 g/mol. The fraction of sp³-hybridized carbons (Fsp3) is 0.333. The maximum Gasteiger partial charge on any atom is 0.406 e. The van der Waals surface area contributed by atoms with Crippen LogP contribution < -0.4 is 0 Å². The van der Waals surface area contributed by atoms with E-state index in [1.54, 1.807) is 24.3 Å². The Balaban J connectivity index is 2.96. The first-order valence-corrected chi connectivity index (χ1v) is 7.27. The molecule has 0 aromatic heterocycles. The molecule has 0 saturated carbocycles. The number of esters is 1. The molecule has 1 rings (SSSR count). The lowest BCUT2D eigenvalue weighted by Crippen LogP contribution is -2.39. The van der Waals surface area contributed by atoms with Crippen molar-refractivity contribution in [3.8, 4) is 0 Å². The Labute approximate surface area is 140 Å². The molecule has 0 saturated heterocycles. The van der Waals surface area contributed by atoms with Crippen molar-refractivity contribution in [2.24, 2.45) is 0 Å². The van der Waals surface area contributed by atoms with E-state index < -0.39 is 31.0 Å². The summed E-state index contributed by atoms with van der Waals surface area (Å²) in [5.74, 6) is -1.68. The summed E-state index contributed by atoms with van der Waals surface area (Å²) in [6.07, 6.45) is -5.03. The molecule has 0 N–H and O–H groups in total. The Bertz CT molecular complexity index is 602. The van der Waals surface area contributed by atoms with Crippen molar-refractivity contribution < 1.29 is 27.5 Å². The summed E-state index contributed by atoms with van der Waals surface area (Å²) in [5, 5.41) is 0. The summed E-state index contributed by atoms with van der Waals surface area (Å²) in [6, 6.07) is 6.62. The van der Waals surface area contributed by atoms with E-state index >= 15 is 0 Å². The van der Waals surface area contributed by atoms with Gasteiger partial charge in [-0.1, -0.05) is 40.7 Å². The molecule has 0 aliphatic heterocycles. The predicted molar refractivity (Wildman–Crippen MR) is 81.4 cm³/mol. The van der Waals surface area contributed by atoms with Gasteiger partial charge in [-0.15, -0.1) is 0 Å². The third-order valence-corrected chi connectivity index (χ3v) is 3.64. The number of halogens is 4. The minimum Gasteiger partial charge on any atom is -0.469 e. The summed E-state index contributed by atoms with van der Waals surface area (Å²) in [4.78, 5) is 24.0. The molecule has 0 aliphatic rings. The van der Waals surface area contributed by atoms with E-state index in [0.717, 1.165) is 7.11 Å². The quantitative estimate of drug-likeness (QED) is 0.549. The summed E-state index contributed by atoms with van der Waals surface area (Å²) in [5.41, 5.74) is 0.254. The van der Waals surface area contributed by atoms with E-state index in [0.29, 0.717) is 14.9 Å². The van der Waals surface area contributed by atoms with Crippen molar-refractivity contribution in [2.75, 3.05) is 13.7 Å². The third kappa shape index (κ3) is 6.43. The molecule has 8 heteroatoms. The number of amides is 1. The van der Waals surface area contributed by atoms with Gasteiger partial charge in [-0.05, 0) is 11.6 Å². The lowest BCUT2D eigenvalue weighted by atomic mass is 10.1. The molecular formula is C15H15BrF3NO3. The zero-order chi connectivity index (χ0) is 17.6. The van der Waals surface area contributed by atoms with Crippen LogP contribution in [0.3, 0.4) is 0 Å². The van der Waals surface area contributed by atoms with E-state index in [1.807, 2.05) is 0 Å². The van der Waals surface area contributed by atoms with Crippen LogP contribution in [0.5, 0.6) is 0 Å². The van der Waals surface area contributed by atoms with Gasteiger partial charge in [-0.2, -0.15) is 13.2 Å². The first-order chi connectivity index (χ1) is 10.6. The molecule has 1 aromatic rings. The maximum absolute atomic E-state index is 12.7. The third-order valence-electron chi connectivity index (χ3n) is 2.86. The fourth-order valence-corrected chi connectivity index (χ4v) is 2.20. The van der Waals surface area contributed by atoms with E-state index in [2.05, 4.69) is 27.2 Å². The molecule has 0 spiro atoms. The van der Waals surface area contributed by atoms with Crippen molar-refractivity contribution in [2.45, 2.75) is 19.1 Å². The fourth-order valence-electron chi connectivity index (χ4n) is 1.79. The average molecular weight is 394 g/mol. The van der Waals surface area contributed by atoms with Gasteiger partial charge in [0.1, 0.15) is 6.54 Å². The average Bonchev–Trinajstić information content (AvgIpc) is 2.46. The van der Waals surface area contributed by atoms with Gasteiger partial charge in [-0.3, -0.25) is 9.59 Å². The molecule has 126 valence electrons. The van der Waals surface area contributed by atoms with Gasteiger partial charge >= 0.3 is 12.1 Å². The largest absolute Gasteiger partial charge is 0.469 e. The van der Waals surface area contributed by atoms with Crippen LogP contribution in [0.15, 0.2) is 40.9 Å². The minimum atomic E-state index is -4.57. The number of hydrogen-bond acceptors (Lipinski definition) is 3. The van der Waals surface area contributed by atoms with Crippen molar-refractivity contribution in [3.05, 3.63) is 46.5 Å². The van der Waals surface area contributed by atoms with Crippen LogP contribution in [-0.4, -0.2) is 36.6 Å². The van der Waals surface area contributed by atoms with Gasteiger partial charge < -0.3 is 9.64 Å². The van der Waals surface area contributed by atoms with Crippen LogP contribution in [-0.2, 0) is 20.9 Å². The van der Waals surface area contributed by atoms with Gasteiger partial charge in [0.05, 0.1) is 13.5 Å². The standard InChI is InChI=1S/C15H15BrF3NO3/c1-10(7-13(21)23-2)14(22)20(9-15(17,18)19)8-11-5-3-4-6-12(11)16/h3-6H,1,7-9H2,2H3. The summed E-state index contributed by atoms with van der Waals surface area (Å²) in [6.45, 7) is 1.69. The van der Waals surface area contributed by atoms with Crippen LogP contribution in [0.1, 0.15) is 12.0 Å². The molecule has 0 unspecified atom stereocenters. The Morgan fingerprint density at radius 1 is 1.30 bits per heavy atom. The van der Waals surface area contributed by atoms with Crippen molar-refractivity contribution in [1.29, 1.82) is 0 Å². The summed E-state index contributed by atoms with van der Waals surface area (Å²) >= 11 is 3.23. The van der Waals surface area contributed by atoms with E-state index in [-0.39, 0.29) is 12.1 Å². The lowest BCUT2D eigenvalue weighted by molar-refractivity contribution is -0.160. The van der Waals surface area contributed by atoms with E-state index in [1.165, 1.54) is 0 Å². The van der Waals surface area contributed by atoms with Crippen LogP contribution >= 0.6 is 15.9 Å². The normalized spacial score (nSPS) is 11.0. The molecule has 0 bridgehead atoms. The number of carbonyl (C=O) groups excluding carboxylic acids is 2. The first kappa shape index (κ1) is 19.2. The number of benzene rings is 1. The molecule has 0 fully saturated rings. The topological polar surface area (TPSA) is 46.6 Å². The molecule has 0 heterocycles. The molecule has 4 nitrogen and oxygen atoms in total. The number of nitrogens with zero attached hydrogens (tertiary/aromatic N) is 1. The SMILES string of the molecule is C=C(CC(=O)OC)C(=O)N(Cc1ccccc1Br)CC(F)(F)F. The van der Waals surface area contributed by atoms with Crippen molar-refractivity contribution in [1.82, 2.24) is 4.90 Å². The zero-order valence-corrected chi connectivity index (χ0v) is 13.9. The second-order valence-electron chi connectivity index (χ2n) is 4.72. The lowest BCUT2D eigenvalue weighted by Gasteiger charge is -2.25. The van der Waals surface area contributed by atoms with E-state index in [4.69, 9.17) is 0 Å². The first-order valence-electron chi connectivity index (χ1n) is 6.48.